The van der Waals surface area contributed by atoms with Gasteiger partial charge in [-0.05, 0) is 61.8 Å². The lowest BCUT2D eigenvalue weighted by Crippen LogP contribution is -2.58. The van der Waals surface area contributed by atoms with E-state index in [4.69, 9.17) is 16.3 Å². The number of thiazole rings is 1. The van der Waals surface area contributed by atoms with E-state index in [-0.39, 0.29) is 36.2 Å². The molecule has 1 spiro atoms. The molecule has 0 unspecified atom stereocenters. The standard InChI is InChI=1S/C33H38ClN5O4S/c34-24-9-10-26-28(19-24)44-32(37-26)38-29(40)21-39-15-11-25-23(20-39)8-4-5-12-33(13-16-43-17-14-33)31(42)36-27(30(41)35-25)18-22-6-2-1-3-7-22/h1-7,9-10,19,23,25,27H,8,11-18,20-21H2,(H,35,41)(H,36,42)(H,37,38,40)/t23-,25+,27+/m0/s1. The maximum Gasteiger partial charge on any atom is 0.243 e. The predicted molar refractivity (Wildman–Crippen MR) is 173 cm³/mol. The van der Waals surface area contributed by atoms with Gasteiger partial charge in [-0.25, -0.2) is 4.98 Å². The van der Waals surface area contributed by atoms with Crippen molar-refractivity contribution >= 4 is 56.0 Å². The summed E-state index contributed by atoms with van der Waals surface area (Å²) in [6, 6.07) is 14.5. The van der Waals surface area contributed by atoms with Crippen molar-refractivity contribution < 1.29 is 19.1 Å². The molecule has 3 aromatic rings. The number of benzene rings is 2. The summed E-state index contributed by atoms with van der Waals surface area (Å²) in [6.45, 7) is 2.65. The number of piperidine rings is 1. The minimum atomic E-state index is -0.679. The third-order valence-corrected chi connectivity index (χ3v) is 10.2. The molecule has 0 saturated carbocycles. The van der Waals surface area contributed by atoms with Crippen LogP contribution in [0.4, 0.5) is 5.13 Å². The first-order chi connectivity index (χ1) is 21.4. The average Bonchev–Trinajstić information content (AvgIpc) is 3.41. The number of amides is 3. The number of carbonyl (C=O) groups is 3. The van der Waals surface area contributed by atoms with Crippen LogP contribution in [0.3, 0.4) is 0 Å². The number of nitrogens with one attached hydrogen (secondary N) is 3. The predicted octanol–water partition coefficient (Wildman–Crippen LogP) is 4.57. The van der Waals surface area contributed by atoms with E-state index in [1.807, 2.05) is 42.5 Å². The summed E-state index contributed by atoms with van der Waals surface area (Å²) in [6.07, 6.45) is 8.01. The van der Waals surface area contributed by atoms with E-state index in [1.54, 1.807) is 6.07 Å². The Bertz CT molecular complexity index is 1520. The Kier molecular flexibility index (Phi) is 9.61. The number of hydrogen-bond donors (Lipinski definition) is 3. The zero-order valence-corrected chi connectivity index (χ0v) is 26.2. The van der Waals surface area contributed by atoms with Gasteiger partial charge in [0, 0.05) is 43.8 Å². The highest BCUT2D eigenvalue weighted by Gasteiger charge is 2.41. The maximum atomic E-state index is 13.8. The molecule has 11 heteroatoms. The molecule has 232 valence electrons. The third-order valence-electron chi connectivity index (χ3n) is 9.06. The topological polar surface area (TPSA) is 113 Å². The second-order valence-electron chi connectivity index (χ2n) is 12.1. The van der Waals surface area contributed by atoms with Gasteiger partial charge in [0.15, 0.2) is 5.13 Å². The summed E-state index contributed by atoms with van der Waals surface area (Å²) in [5.74, 6) is -0.227. The average molecular weight is 636 g/mol. The zero-order valence-electron chi connectivity index (χ0n) is 24.6. The Hall–Kier alpha value is -3.31. The van der Waals surface area contributed by atoms with Gasteiger partial charge in [-0.1, -0.05) is 65.4 Å². The van der Waals surface area contributed by atoms with E-state index >= 15 is 0 Å². The minimum absolute atomic E-state index is 0.0629. The fourth-order valence-corrected chi connectivity index (χ4v) is 7.67. The van der Waals surface area contributed by atoms with E-state index < -0.39 is 11.5 Å². The molecule has 9 nitrogen and oxygen atoms in total. The minimum Gasteiger partial charge on any atom is -0.381 e. The van der Waals surface area contributed by atoms with Crippen molar-refractivity contribution in [2.45, 2.75) is 50.6 Å². The van der Waals surface area contributed by atoms with Crippen molar-refractivity contribution in [3.8, 4) is 0 Å². The molecule has 0 bridgehead atoms. The number of hydrogen-bond acceptors (Lipinski definition) is 7. The molecule has 3 aliphatic heterocycles. The largest absolute Gasteiger partial charge is 0.381 e. The molecule has 4 heterocycles. The second kappa shape index (κ2) is 13.8. The van der Waals surface area contributed by atoms with Crippen molar-refractivity contribution in [1.82, 2.24) is 20.5 Å². The molecule has 2 fully saturated rings. The molecule has 3 N–H and O–H groups in total. The van der Waals surface area contributed by atoms with Crippen LogP contribution in [0.5, 0.6) is 0 Å². The summed E-state index contributed by atoms with van der Waals surface area (Å²) >= 11 is 7.51. The lowest BCUT2D eigenvalue weighted by atomic mass is 9.75. The van der Waals surface area contributed by atoms with E-state index in [0.29, 0.717) is 68.6 Å². The maximum absolute atomic E-state index is 13.8. The lowest BCUT2D eigenvalue weighted by Gasteiger charge is -2.40. The van der Waals surface area contributed by atoms with Crippen molar-refractivity contribution in [2.75, 3.05) is 38.2 Å². The van der Waals surface area contributed by atoms with Crippen LogP contribution >= 0.6 is 22.9 Å². The molecular formula is C33H38ClN5O4S. The van der Waals surface area contributed by atoms with Crippen LogP contribution in [-0.4, -0.2) is 72.5 Å². The molecule has 0 aliphatic carbocycles. The summed E-state index contributed by atoms with van der Waals surface area (Å²) in [4.78, 5) is 47.2. The van der Waals surface area contributed by atoms with Gasteiger partial charge >= 0.3 is 0 Å². The number of aromatic nitrogens is 1. The fourth-order valence-electron chi connectivity index (χ4n) is 6.51. The van der Waals surface area contributed by atoms with Gasteiger partial charge in [0.25, 0.3) is 0 Å². The van der Waals surface area contributed by atoms with Crippen molar-refractivity contribution in [2.24, 2.45) is 11.3 Å². The first-order valence-electron chi connectivity index (χ1n) is 15.3. The van der Waals surface area contributed by atoms with Gasteiger partial charge in [-0.15, -0.1) is 0 Å². The van der Waals surface area contributed by atoms with E-state index in [2.05, 4.69) is 38.0 Å². The van der Waals surface area contributed by atoms with Crippen LogP contribution in [0, 0.1) is 11.3 Å². The molecule has 2 aromatic carbocycles. The highest BCUT2D eigenvalue weighted by molar-refractivity contribution is 7.22. The number of ether oxygens (including phenoxy) is 1. The number of fused-ring (bicyclic) bond motifs is 2. The van der Waals surface area contributed by atoms with Gasteiger partial charge in [-0.2, -0.15) is 0 Å². The first kappa shape index (κ1) is 30.7. The first-order valence-corrected chi connectivity index (χ1v) is 16.5. The van der Waals surface area contributed by atoms with E-state index in [1.165, 1.54) is 11.3 Å². The molecule has 3 atom stereocenters. The van der Waals surface area contributed by atoms with E-state index in [0.717, 1.165) is 22.2 Å². The number of nitrogens with zero attached hydrogens (tertiary/aromatic N) is 2. The number of allylic oxidation sites excluding steroid dienone is 2. The number of halogens is 1. The highest BCUT2D eigenvalue weighted by atomic mass is 35.5. The molecule has 6 rings (SSSR count). The Balaban J connectivity index is 1.16. The van der Waals surface area contributed by atoms with Crippen molar-refractivity contribution in [3.05, 3.63) is 71.3 Å². The molecule has 3 amide bonds. The lowest BCUT2D eigenvalue weighted by molar-refractivity contribution is -0.140. The number of carbonyl (C=O) groups excluding carboxylic acids is 3. The van der Waals surface area contributed by atoms with Crippen molar-refractivity contribution in [3.63, 3.8) is 0 Å². The van der Waals surface area contributed by atoms with Gasteiger partial charge in [0.2, 0.25) is 17.7 Å². The molecule has 2 saturated heterocycles. The fraction of sp³-hybridized carbons (Fsp3) is 0.455. The molecular weight excluding hydrogens is 598 g/mol. The molecule has 3 aliphatic rings. The Labute approximate surface area is 266 Å². The van der Waals surface area contributed by atoms with Crippen LogP contribution in [0.15, 0.2) is 60.7 Å². The van der Waals surface area contributed by atoms with E-state index in [9.17, 15) is 14.4 Å². The van der Waals surface area contributed by atoms with Crippen LogP contribution in [0.25, 0.3) is 10.2 Å². The number of likely N-dealkylation sites (tertiary alicyclic amines) is 1. The van der Waals surface area contributed by atoms with Gasteiger partial charge in [-0.3, -0.25) is 19.3 Å². The number of rotatable bonds is 5. The summed E-state index contributed by atoms with van der Waals surface area (Å²) in [5.41, 5.74) is 1.20. The molecule has 44 heavy (non-hydrogen) atoms. The van der Waals surface area contributed by atoms with Gasteiger partial charge in [0.05, 0.1) is 22.2 Å². The molecule has 1 aromatic heterocycles. The quantitative estimate of drug-likeness (QED) is 0.354. The zero-order chi connectivity index (χ0) is 30.5. The van der Waals surface area contributed by atoms with Crippen LogP contribution in [0.2, 0.25) is 5.02 Å². The highest BCUT2D eigenvalue weighted by Crippen LogP contribution is 2.36. The summed E-state index contributed by atoms with van der Waals surface area (Å²) in [7, 11) is 0. The third kappa shape index (κ3) is 7.31. The monoisotopic (exact) mass is 635 g/mol. The Morgan fingerprint density at radius 2 is 1.93 bits per heavy atom. The van der Waals surface area contributed by atoms with Crippen LogP contribution in [0.1, 0.15) is 37.7 Å². The SMILES string of the molecule is O=C(CN1CC[C@H]2NC(=O)[C@@H](Cc3ccccc3)NC(=O)C3(CC=CC[C@H]2C1)CCOCC3)Nc1nc2ccc(Cl)cc2s1. The Morgan fingerprint density at radius 1 is 1.11 bits per heavy atom. The summed E-state index contributed by atoms with van der Waals surface area (Å²) in [5, 5.41) is 10.6. The Morgan fingerprint density at radius 3 is 2.75 bits per heavy atom. The van der Waals surface area contributed by atoms with Gasteiger partial charge < -0.3 is 20.7 Å². The van der Waals surface area contributed by atoms with Crippen LogP contribution in [-0.2, 0) is 25.5 Å². The van der Waals surface area contributed by atoms with Crippen molar-refractivity contribution in [1.29, 1.82) is 0 Å². The number of anilines is 1. The normalized spacial score (nSPS) is 24.5. The smallest absolute Gasteiger partial charge is 0.243 e. The summed E-state index contributed by atoms with van der Waals surface area (Å²) < 4.78 is 6.53. The van der Waals surface area contributed by atoms with Gasteiger partial charge in [0.1, 0.15) is 6.04 Å². The molecule has 0 radical (unpaired) electrons. The van der Waals surface area contributed by atoms with Crippen LogP contribution < -0.4 is 16.0 Å². The second-order valence-corrected chi connectivity index (χ2v) is 13.6.